The number of methoxy groups -OCH3 is 1. The average Bonchev–Trinajstić information content (AvgIpc) is 2.58. The summed E-state index contributed by atoms with van der Waals surface area (Å²) in [5, 5.41) is 1.50. The Bertz CT molecular complexity index is 580. The maximum atomic E-state index is 11.1. The molecule has 0 fully saturated rings. The summed E-state index contributed by atoms with van der Waals surface area (Å²) >= 11 is 13.3. The molecule has 0 aliphatic heterocycles. The lowest BCUT2D eigenvalue weighted by molar-refractivity contribution is 0.100. The molecule has 16 heavy (non-hydrogen) atoms. The Morgan fingerprint density at radius 2 is 2.06 bits per heavy atom. The van der Waals surface area contributed by atoms with Gasteiger partial charge in [-0.05, 0) is 12.1 Å². The van der Waals surface area contributed by atoms with Crippen molar-refractivity contribution in [3.63, 3.8) is 0 Å². The summed E-state index contributed by atoms with van der Waals surface area (Å²) < 4.78 is 5.79. The summed E-state index contributed by atoms with van der Waals surface area (Å²) in [7, 11) is 1.53. The Kier molecular flexibility index (Phi) is 2.97. The summed E-state index contributed by atoms with van der Waals surface area (Å²) in [6.07, 6.45) is 0. The predicted octanol–water partition coefficient (Wildman–Crippen LogP) is 3.32. The molecule has 0 bridgehead atoms. The molecule has 0 aliphatic rings. The first-order valence-electron chi connectivity index (χ1n) is 4.30. The van der Waals surface area contributed by atoms with Crippen molar-refractivity contribution in [1.29, 1.82) is 0 Å². The highest BCUT2D eigenvalue weighted by molar-refractivity contribution is 7.22. The standard InChI is InChI=1S/C10H7Cl2NO2S/c1-15-5-3-2-4-6(11)9(10(13)14)16-8(4)7(5)12/h2-3H,1H3,(H2,13,14). The molecule has 6 heteroatoms. The number of fused-ring (bicyclic) bond motifs is 1. The third kappa shape index (κ3) is 1.63. The van der Waals surface area contributed by atoms with E-state index in [9.17, 15) is 4.79 Å². The van der Waals surface area contributed by atoms with Crippen molar-refractivity contribution in [3.8, 4) is 5.75 Å². The number of amides is 1. The first-order chi connectivity index (χ1) is 7.56. The third-order valence-corrected chi connectivity index (χ3v) is 4.37. The molecule has 0 unspecified atom stereocenters. The smallest absolute Gasteiger partial charge is 0.260 e. The molecule has 2 aromatic rings. The molecule has 0 radical (unpaired) electrons. The number of halogens is 2. The number of ether oxygens (including phenoxy) is 1. The number of benzene rings is 1. The van der Waals surface area contributed by atoms with E-state index in [-0.39, 0.29) is 0 Å². The third-order valence-electron chi connectivity index (χ3n) is 2.15. The molecule has 3 nitrogen and oxygen atoms in total. The summed E-state index contributed by atoms with van der Waals surface area (Å²) in [5.41, 5.74) is 5.21. The SMILES string of the molecule is COc1ccc2c(Cl)c(C(N)=O)sc2c1Cl. The Morgan fingerprint density at radius 1 is 1.38 bits per heavy atom. The number of primary amides is 1. The van der Waals surface area contributed by atoms with Crippen LogP contribution in [0.4, 0.5) is 0 Å². The van der Waals surface area contributed by atoms with Gasteiger partial charge in [-0.15, -0.1) is 11.3 Å². The molecular weight excluding hydrogens is 269 g/mol. The van der Waals surface area contributed by atoms with E-state index in [4.69, 9.17) is 33.7 Å². The number of hydrogen-bond donors (Lipinski definition) is 1. The van der Waals surface area contributed by atoms with Crippen LogP contribution in [0.15, 0.2) is 12.1 Å². The highest BCUT2D eigenvalue weighted by atomic mass is 35.5. The molecule has 0 atom stereocenters. The first-order valence-corrected chi connectivity index (χ1v) is 5.87. The maximum absolute atomic E-state index is 11.1. The molecule has 0 spiro atoms. The van der Waals surface area contributed by atoms with Gasteiger partial charge < -0.3 is 10.5 Å². The lowest BCUT2D eigenvalue weighted by Crippen LogP contribution is -2.08. The zero-order valence-corrected chi connectivity index (χ0v) is 10.5. The minimum atomic E-state index is -0.554. The monoisotopic (exact) mass is 275 g/mol. The van der Waals surface area contributed by atoms with Crippen molar-refractivity contribution in [1.82, 2.24) is 0 Å². The number of rotatable bonds is 2. The van der Waals surface area contributed by atoms with Crippen LogP contribution >= 0.6 is 34.5 Å². The molecule has 0 saturated heterocycles. The van der Waals surface area contributed by atoms with E-state index in [1.165, 1.54) is 18.4 Å². The largest absolute Gasteiger partial charge is 0.495 e. The van der Waals surface area contributed by atoms with E-state index in [1.807, 2.05) is 0 Å². The normalized spacial score (nSPS) is 10.7. The van der Waals surface area contributed by atoms with Gasteiger partial charge in [0.05, 0.1) is 16.8 Å². The van der Waals surface area contributed by atoms with Crippen LogP contribution in [0.1, 0.15) is 9.67 Å². The second-order valence-corrected chi connectivity index (χ2v) is 4.84. The number of thiophene rings is 1. The minimum absolute atomic E-state index is 0.312. The van der Waals surface area contributed by atoms with Crippen LogP contribution in [-0.2, 0) is 0 Å². The molecule has 2 N–H and O–H groups in total. The number of nitrogens with two attached hydrogens (primary N) is 1. The van der Waals surface area contributed by atoms with Gasteiger partial charge in [0.2, 0.25) is 0 Å². The number of hydrogen-bond acceptors (Lipinski definition) is 3. The Morgan fingerprint density at radius 3 is 2.62 bits per heavy atom. The average molecular weight is 276 g/mol. The lowest BCUT2D eigenvalue weighted by Gasteiger charge is -2.02. The van der Waals surface area contributed by atoms with Gasteiger partial charge in [-0.1, -0.05) is 23.2 Å². The van der Waals surface area contributed by atoms with Gasteiger partial charge >= 0.3 is 0 Å². The molecule has 1 heterocycles. The summed E-state index contributed by atoms with van der Waals surface area (Å²) in [6.45, 7) is 0. The van der Waals surface area contributed by atoms with Gasteiger partial charge in [-0.2, -0.15) is 0 Å². The van der Waals surface area contributed by atoms with Crippen molar-refractivity contribution < 1.29 is 9.53 Å². The van der Waals surface area contributed by atoms with Gasteiger partial charge in [0.15, 0.2) is 0 Å². The van der Waals surface area contributed by atoms with Gasteiger partial charge in [0, 0.05) is 5.39 Å². The lowest BCUT2D eigenvalue weighted by atomic mass is 10.2. The molecule has 1 aromatic carbocycles. The molecule has 1 amide bonds. The molecule has 2 rings (SSSR count). The number of carbonyl (C=O) groups excluding carboxylic acids is 1. The maximum Gasteiger partial charge on any atom is 0.260 e. The van der Waals surface area contributed by atoms with Crippen LogP contribution in [-0.4, -0.2) is 13.0 Å². The molecule has 84 valence electrons. The van der Waals surface area contributed by atoms with Gasteiger partial charge in [0.25, 0.3) is 5.91 Å². The number of carbonyl (C=O) groups is 1. The van der Waals surface area contributed by atoms with Crippen molar-refractivity contribution in [3.05, 3.63) is 27.1 Å². The van der Waals surface area contributed by atoms with Gasteiger partial charge in [-0.25, -0.2) is 0 Å². The zero-order chi connectivity index (χ0) is 11.9. The zero-order valence-electron chi connectivity index (χ0n) is 8.21. The first kappa shape index (κ1) is 11.5. The van der Waals surface area contributed by atoms with Crippen LogP contribution in [0.2, 0.25) is 10.0 Å². The fourth-order valence-electron chi connectivity index (χ4n) is 1.40. The van der Waals surface area contributed by atoms with Crippen molar-refractivity contribution >= 4 is 50.5 Å². The van der Waals surface area contributed by atoms with E-state index in [2.05, 4.69) is 0 Å². The Hall–Kier alpha value is -0.970. The summed E-state index contributed by atoms with van der Waals surface area (Å²) in [5.74, 6) is -0.00987. The highest BCUT2D eigenvalue weighted by Crippen LogP contribution is 2.42. The van der Waals surface area contributed by atoms with E-state index in [0.29, 0.717) is 30.8 Å². The van der Waals surface area contributed by atoms with E-state index >= 15 is 0 Å². The van der Waals surface area contributed by atoms with Crippen LogP contribution in [0.3, 0.4) is 0 Å². The van der Waals surface area contributed by atoms with Crippen molar-refractivity contribution in [2.24, 2.45) is 5.73 Å². The second-order valence-electron chi connectivity index (χ2n) is 3.07. The predicted molar refractivity (Wildman–Crippen MR) is 66.9 cm³/mol. The molecule has 0 aliphatic carbocycles. The van der Waals surface area contributed by atoms with Crippen LogP contribution in [0.25, 0.3) is 10.1 Å². The van der Waals surface area contributed by atoms with Crippen molar-refractivity contribution in [2.75, 3.05) is 7.11 Å². The summed E-state index contributed by atoms with van der Waals surface area (Å²) in [6, 6.07) is 3.46. The topological polar surface area (TPSA) is 52.3 Å². The molecule has 1 aromatic heterocycles. The van der Waals surface area contributed by atoms with E-state index in [0.717, 1.165) is 0 Å². The second kappa shape index (κ2) is 4.13. The fraction of sp³-hybridized carbons (Fsp3) is 0.100. The molecular formula is C10H7Cl2NO2S. The Balaban J connectivity index is 2.81. The van der Waals surface area contributed by atoms with E-state index in [1.54, 1.807) is 12.1 Å². The van der Waals surface area contributed by atoms with Crippen molar-refractivity contribution in [2.45, 2.75) is 0 Å². The summed E-state index contributed by atoms with van der Waals surface area (Å²) in [4.78, 5) is 11.4. The van der Waals surface area contributed by atoms with Gasteiger partial charge in [0.1, 0.15) is 15.6 Å². The fourth-order valence-corrected chi connectivity index (χ4v) is 3.15. The quantitative estimate of drug-likeness (QED) is 0.914. The minimum Gasteiger partial charge on any atom is -0.495 e. The van der Waals surface area contributed by atoms with Gasteiger partial charge in [-0.3, -0.25) is 4.79 Å². The highest BCUT2D eigenvalue weighted by Gasteiger charge is 2.18. The molecule has 0 saturated carbocycles. The van der Waals surface area contributed by atoms with Crippen LogP contribution < -0.4 is 10.5 Å². The van der Waals surface area contributed by atoms with Crippen LogP contribution in [0, 0.1) is 0 Å². The van der Waals surface area contributed by atoms with Crippen LogP contribution in [0.5, 0.6) is 5.75 Å². The van der Waals surface area contributed by atoms with E-state index < -0.39 is 5.91 Å². The Labute approximate surface area is 106 Å².